The highest BCUT2D eigenvalue weighted by Gasteiger charge is 2.17. The molecular weight excluding hydrogens is 309 g/mol. The maximum Gasteiger partial charge on any atom is 0.246 e. The van der Waals surface area contributed by atoms with Crippen LogP contribution in [0.1, 0.15) is 12.0 Å². The summed E-state index contributed by atoms with van der Waals surface area (Å²) in [5, 5.41) is 9.78. The average Bonchev–Trinajstić information content (AvgIpc) is 2.90. The van der Waals surface area contributed by atoms with E-state index in [1.165, 1.54) is 0 Å². The van der Waals surface area contributed by atoms with Crippen molar-refractivity contribution in [1.82, 2.24) is 9.80 Å². The third kappa shape index (κ3) is 4.13. The van der Waals surface area contributed by atoms with Crippen molar-refractivity contribution >= 4 is 29.1 Å². The van der Waals surface area contributed by atoms with Gasteiger partial charge in [0, 0.05) is 32.8 Å². The highest BCUT2D eigenvalue weighted by atomic mass is 35.5. The Kier molecular flexibility index (Phi) is 5.11. The van der Waals surface area contributed by atoms with Crippen LogP contribution in [-0.4, -0.2) is 35.8 Å². The highest BCUT2D eigenvalue weighted by Crippen LogP contribution is 2.23. The van der Waals surface area contributed by atoms with Gasteiger partial charge < -0.3 is 9.80 Å². The summed E-state index contributed by atoms with van der Waals surface area (Å²) < 4.78 is 0. The summed E-state index contributed by atoms with van der Waals surface area (Å²) in [6.07, 6.45) is 4.47. The van der Waals surface area contributed by atoms with E-state index >= 15 is 0 Å². The molecule has 1 aliphatic heterocycles. The lowest BCUT2D eigenvalue weighted by atomic mass is 10.2. The number of halogens is 2. The van der Waals surface area contributed by atoms with E-state index in [2.05, 4.69) is 6.19 Å². The van der Waals surface area contributed by atoms with E-state index in [-0.39, 0.29) is 5.91 Å². The number of rotatable bonds is 3. The molecule has 1 heterocycles. The quantitative estimate of drug-likeness (QED) is 0.634. The maximum absolute atomic E-state index is 12.1. The van der Waals surface area contributed by atoms with Gasteiger partial charge in [-0.15, -0.1) is 0 Å². The third-order valence-corrected chi connectivity index (χ3v) is 4.08. The molecule has 0 aromatic heterocycles. The minimum absolute atomic E-state index is 0.0733. The number of likely N-dealkylation sites (tertiary alicyclic amines) is 1. The summed E-state index contributed by atoms with van der Waals surface area (Å²) in [5.74, 6) is -0.0733. The van der Waals surface area contributed by atoms with Crippen LogP contribution in [0.4, 0.5) is 0 Å². The molecule has 1 fully saturated rings. The molecule has 2 rings (SSSR count). The molecule has 1 aromatic carbocycles. The van der Waals surface area contributed by atoms with Gasteiger partial charge in [0.25, 0.3) is 0 Å². The highest BCUT2D eigenvalue weighted by molar-refractivity contribution is 6.42. The number of nitrogens with zero attached hydrogens (tertiary/aromatic N) is 3. The topological polar surface area (TPSA) is 47.3 Å². The molecule has 21 heavy (non-hydrogen) atoms. The van der Waals surface area contributed by atoms with Gasteiger partial charge >= 0.3 is 0 Å². The molecule has 1 aromatic rings. The molecule has 0 N–H and O–H groups in total. The van der Waals surface area contributed by atoms with E-state index in [1.807, 2.05) is 6.07 Å². The van der Waals surface area contributed by atoms with Crippen LogP contribution in [0.15, 0.2) is 29.8 Å². The first kappa shape index (κ1) is 15.7. The molecule has 0 saturated carbocycles. The largest absolute Gasteiger partial charge is 0.338 e. The van der Waals surface area contributed by atoms with Gasteiger partial charge in [0.15, 0.2) is 6.19 Å². The Labute approximate surface area is 134 Å². The molecule has 0 radical (unpaired) electrons. The molecule has 0 unspecified atom stereocenters. The minimum atomic E-state index is -0.0733. The number of carbonyl (C=O) groups is 1. The SMILES string of the molecule is CN(Cc1ccc(Cl)c(Cl)c1)C(=O)C=C1CCN(C#N)C1. The molecule has 0 spiro atoms. The Morgan fingerprint density at radius 3 is 2.86 bits per heavy atom. The Morgan fingerprint density at radius 2 is 2.24 bits per heavy atom. The van der Waals surface area contributed by atoms with E-state index < -0.39 is 0 Å². The van der Waals surface area contributed by atoms with Crippen molar-refractivity contribution in [2.24, 2.45) is 0 Å². The standard InChI is InChI=1S/C15H15Cl2N3O/c1-19(8-11-2-3-13(16)14(17)6-11)15(21)7-12-4-5-20(9-12)10-18/h2-3,6-7H,4-5,8-9H2,1H3. The minimum Gasteiger partial charge on any atom is -0.338 e. The van der Waals surface area contributed by atoms with Crippen LogP contribution < -0.4 is 0 Å². The van der Waals surface area contributed by atoms with Gasteiger partial charge in [-0.2, -0.15) is 5.26 Å². The van der Waals surface area contributed by atoms with Crippen molar-refractivity contribution in [3.63, 3.8) is 0 Å². The number of nitriles is 1. The van der Waals surface area contributed by atoms with E-state index in [9.17, 15) is 4.79 Å². The lowest BCUT2D eigenvalue weighted by Gasteiger charge is -2.16. The van der Waals surface area contributed by atoms with Crippen LogP contribution in [0.5, 0.6) is 0 Å². The Hall–Kier alpha value is -1.70. The second kappa shape index (κ2) is 6.84. The van der Waals surface area contributed by atoms with Crippen molar-refractivity contribution in [3.8, 4) is 6.19 Å². The monoisotopic (exact) mass is 323 g/mol. The van der Waals surface area contributed by atoms with Crippen molar-refractivity contribution in [1.29, 1.82) is 5.26 Å². The van der Waals surface area contributed by atoms with Gasteiger partial charge in [0.2, 0.25) is 5.91 Å². The zero-order valence-electron chi connectivity index (χ0n) is 11.6. The average molecular weight is 324 g/mol. The maximum atomic E-state index is 12.1. The summed E-state index contributed by atoms with van der Waals surface area (Å²) in [5.41, 5.74) is 1.91. The van der Waals surface area contributed by atoms with Crippen molar-refractivity contribution < 1.29 is 4.79 Å². The van der Waals surface area contributed by atoms with Gasteiger partial charge in [0.1, 0.15) is 0 Å². The second-order valence-corrected chi connectivity index (χ2v) is 5.83. The van der Waals surface area contributed by atoms with Crippen LogP contribution in [0.3, 0.4) is 0 Å². The van der Waals surface area contributed by atoms with Crippen molar-refractivity contribution in [2.75, 3.05) is 20.1 Å². The molecule has 1 aliphatic rings. The number of hydrogen-bond donors (Lipinski definition) is 0. The third-order valence-electron chi connectivity index (χ3n) is 3.35. The van der Waals surface area contributed by atoms with Gasteiger partial charge in [0.05, 0.1) is 10.0 Å². The predicted molar refractivity (Wildman–Crippen MR) is 82.8 cm³/mol. The smallest absolute Gasteiger partial charge is 0.246 e. The van der Waals surface area contributed by atoms with E-state index in [4.69, 9.17) is 28.5 Å². The summed E-state index contributed by atoms with van der Waals surface area (Å²) in [4.78, 5) is 15.4. The Bertz CT molecular complexity index is 622. The van der Waals surface area contributed by atoms with Crippen LogP contribution in [0.25, 0.3) is 0 Å². The zero-order valence-corrected chi connectivity index (χ0v) is 13.2. The molecular formula is C15H15Cl2N3O. The zero-order chi connectivity index (χ0) is 15.4. The molecule has 1 amide bonds. The molecule has 0 aliphatic carbocycles. The first-order valence-electron chi connectivity index (χ1n) is 6.52. The number of carbonyl (C=O) groups excluding carboxylic acids is 1. The Morgan fingerprint density at radius 1 is 1.48 bits per heavy atom. The molecule has 0 atom stereocenters. The molecule has 0 bridgehead atoms. The number of amides is 1. The van der Waals surface area contributed by atoms with Crippen LogP contribution in [-0.2, 0) is 11.3 Å². The van der Waals surface area contributed by atoms with Crippen LogP contribution >= 0.6 is 23.2 Å². The summed E-state index contributed by atoms with van der Waals surface area (Å²) in [6, 6.07) is 5.32. The van der Waals surface area contributed by atoms with Gasteiger partial charge in [-0.25, -0.2) is 0 Å². The summed E-state index contributed by atoms with van der Waals surface area (Å²) in [7, 11) is 1.74. The Balaban J connectivity index is 1.98. The first-order valence-corrected chi connectivity index (χ1v) is 7.28. The number of likely N-dealkylation sites (N-methyl/N-ethyl adjacent to an activating group) is 1. The predicted octanol–water partition coefficient (Wildman–Crippen LogP) is 3.06. The summed E-state index contributed by atoms with van der Waals surface area (Å²) in [6.45, 7) is 1.69. The van der Waals surface area contributed by atoms with E-state index in [0.29, 0.717) is 29.7 Å². The molecule has 110 valence electrons. The first-order chi connectivity index (χ1) is 9.99. The van der Waals surface area contributed by atoms with Crippen molar-refractivity contribution in [3.05, 3.63) is 45.5 Å². The van der Waals surface area contributed by atoms with Crippen molar-refractivity contribution in [2.45, 2.75) is 13.0 Å². The number of benzene rings is 1. The summed E-state index contributed by atoms with van der Waals surface area (Å²) >= 11 is 11.8. The molecule has 6 heteroatoms. The van der Waals surface area contributed by atoms with Gasteiger partial charge in [-0.3, -0.25) is 4.79 Å². The van der Waals surface area contributed by atoms with Crippen LogP contribution in [0.2, 0.25) is 10.0 Å². The fourth-order valence-electron chi connectivity index (χ4n) is 2.16. The van der Waals surface area contributed by atoms with E-state index in [0.717, 1.165) is 17.6 Å². The lowest BCUT2D eigenvalue weighted by molar-refractivity contribution is -0.125. The lowest BCUT2D eigenvalue weighted by Crippen LogP contribution is -2.24. The fraction of sp³-hybridized carbons (Fsp3) is 0.333. The van der Waals surface area contributed by atoms with Gasteiger partial charge in [-0.1, -0.05) is 29.3 Å². The molecule has 4 nitrogen and oxygen atoms in total. The van der Waals surface area contributed by atoms with Crippen LogP contribution in [0, 0.1) is 11.5 Å². The fourth-order valence-corrected chi connectivity index (χ4v) is 2.48. The van der Waals surface area contributed by atoms with Gasteiger partial charge in [-0.05, 0) is 29.7 Å². The molecule has 1 saturated heterocycles. The normalized spacial score (nSPS) is 16.1. The van der Waals surface area contributed by atoms with E-state index in [1.54, 1.807) is 35.1 Å². The number of hydrogen-bond acceptors (Lipinski definition) is 3. The second-order valence-electron chi connectivity index (χ2n) is 5.02.